The lowest BCUT2D eigenvalue weighted by Gasteiger charge is -1.76. The zero-order valence-corrected chi connectivity index (χ0v) is 5.09. The van der Waals surface area contributed by atoms with E-state index in [1.807, 2.05) is 0 Å². The fourth-order valence-corrected chi connectivity index (χ4v) is 0. The minimum absolute atomic E-state index is 0.389. The molecule has 0 radical (unpaired) electrons. The second kappa shape index (κ2) is 6.94. The molecule has 0 heterocycles. The molecule has 0 bridgehead atoms. The summed E-state index contributed by atoms with van der Waals surface area (Å²) in [5, 5.41) is 13.9. The van der Waals surface area contributed by atoms with Crippen LogP contribution in [0.15, 0.2) is 12.2 Å². The van der Waals surface area contributed by atoms with Gasteiger partial charge in [-0.05, 0) is 12.5 Å². The lowest BCUT2D eigenvalue weighted by molar-refractivity contribution is 0.137. The second-order valence-corrected chi connectivity index (χ2v) is 1.37. The predicted octanol–water partition coefficient (Wildman–Crippen LogP) is 1.75. The lowest BCUT2D eigenvalue weighted by Crippen LogP contribution is -1.81. The van der Waals surface area contributed by atoms with Crippen molar-refractivity contribution in [1.82, 2.24) is 0 Å². The molecule has 0 aromatic carbocycles. The molecule has 0 aliphatic heterocycles. The third-order valence-corrected chi connectivity index (χ3v) is 0.228. The van der Waals surface area contributed by atoms with Crippen LogP contribution < -0.4 is 0 Å². The van der Waals surface area contributed by atoms with Gasteiger partial charge in [0.05, 0.1) is 0 Å². The van der Waals surface area contributed by atoms with Gasteiger partial charge in [0.1, 0.15) is 6.67 Å². The number of alkyl halides is 1. The molecule has 0 saturated heterocycles. The van der Waals surface area contributed by atoms with E-state index in [1.165, 1.54) is 0 Å². The fourth-order valence-electron chi connectivity index (χ4n) is 0. The molecule has 0 aromatic heterocycles. The first kappa shape index (κ1) is 10.8. The molecule has 0 aliphatic carbocycles. The maximum atomic E-state index is 11.0. The van der Waals surface area contributed by atoms with Gasteiger partial charge in [0.25, 0.3) is 0 Å². The Labute approximate surface area is 52.4 Å². The average Bonchev–Trinajstić information content (AvgIpc) is 1.65. The summed E-state index contributed by atoms with van der Waals surface area (Å²) in [7, 11) is 0. The van der Waals surface area contributed by atoms with Gasteiger partial charge in [0.15, 0.2) is 0 Å². The highest BCUT2D eigenvalue weighted by Gasteiger charge is 1.71. The topological polar surface area (TPSA) is 57.5 Å². The van der Waals surface area contributed by atoms with Crippen molar-refractivity contribution in [2.24, 2.45) is 0 Å². The van der Waals surface area contributed by atoms with Crippen LogP contribution in [0.3, 0.4) is 0 Å². The summed E-state index contributed by atoms with van der Waals surface area (Å²) in [5.41, 5.74) is 0.588. The van der Waals surface area contributed by atoms with Gasteiger partial charge in [-0.1, -0.05) is 6.58 Å². The Bertz CT molecular complexity index is 96.4. The van der Waals surface area contributed by atoms with Gasteiger partial charge in [-0.2, -0.15) is 0 Å². The highest BCUT2D eigenvalue weighted by Crippen LogP contribution is 1.82. The van der Waals surface area contributed by atoms with Gasteiger partial charge in [-0.3, -0.25) is 0 Å². The summed E-state index contributed by atoms with van der Waals surface area (Å²) in [6.45, 7) is 4.56. The van der Waals surface area contributed by atoms with Crippen LogP contribution in [0.5, 0.6) is 0 Å². The molecule has 0 aromatic rings. The van der Waals surface area contributed by atoms with E-state index in [-0.39, 0.29) is 6.67 Å². The molecular formula is C5H9FO3. The summed E-state index contributed by atoms with van der Waals surface area (Å²) in [5.74, 6) is 0. The number of allylic oxidation sites excluding steroid dienone is 1. The van der Waals surface area contributed by atoms with Crippen molar-refractivity contribution in [1.29, 1.82) is 0 Å². The normalized spacial score (nSPS) is 6.89. The van der Waals surface area contributed by atoms with Crippen molar-refractivity contribution in [3.8, 4) is 0 Å². The molecule has 4 heteroatoms. The van der Waals surface area contributed by atoms with E-state index < -0.39 is 6.16 Å². The van der Waals surface area contributed by atoms with Gasteiger partial charge in [-0.25, -0.2) is 9.18 Å². The fraction of sp³-hybridized carbons (Fsp3) is 0.400. The SMILES string of the molecule is C=C(C)CF.O=C(O)O. The molecule has 3 nitrogen and oxygen atoms in total. The van der Waals surface area contributed by atoms with Crippen molar-refractivity contribution in [3.05, 3.63) is 12.2 Å². The number of rotatable bonds is 1. The first-order valence-corrected chi connectivity index (χ1v) is 2.13. The van der Waals surface area contributed by atoms with Crippen molar-refractivity contribution >= 4 is 6.16 Å². The highest BCUT2D eigenvalue weighted by atomic mass is 19.1. The van der Waals surface area contributed by atoms with Gasteiger partial charge in [0, 0.05) is 0 Å². The van der Waals surface area contributed by atoms with E-state index in [2.05, 4.69) is 6.58 Å². The van der Waals surface area contributed by atoms with Gasteiger partial charge in [0.2, 0.25) is 0 Å². The molecule has 2 N–H and O–H groups in total. The highest BCUT2D eigenvalue weighted by molar-refractivity contribution is 5.53. The lowest BCUT2D eigenvalue weighted by atomic mass is 10.4. The monoisotopic (exact) mass is 136 g/mol. The predicted molar refractivity (Wildman–Crippen MR) is 31.4 cm³/mol. The smallest absolute Gasteiger partial charge is 0.450 e. The van der Waals surface area contributed by atoms with Crippen LogP contribution >= 0.6 is 0 Å². The van der Waals surface area contributed by atoms with E-state index in [0.717, 1.165) is 0 Å². The molecular weight excluding hydrogens is 127 g/mol. The van der Waals surface area contributed by atoms with Crippen molar-refractivity contribution in [2.45, 2.75) is 6.92 Å². The summed E-state index contributed by atoms with van der Waals surface area (Å²) in [6, 6.07) is 0. The van der Waals surface area contributed by atoms with Gasteiger partial charge >= 0.3 is 6.16 Å². The molecule has 9 heavy (non-hydrogen) atoms. The molecule has 54 valence electrons. The number of halogens is 1. The Morgan fingerprint density at radius 3 is 1.78 bits per heavy atom. The van der Waals surface area contributed by atoms with E-state index in [4.69, 9.17) is 15.0 Å². The quantitative estimate of drug-likeness (QED) is 0.540. The Balaban J connectivity index is 0. The first-order chi connectivity index (χ1) is 4.00. The number of carboxylic acid groups (broad SMARTS) is 2. The van der Waals surface area contributed by atoms with Crippen LogP contribution in [-0.4, -0.2) is 23.0 Å². The molecule has 0 atom stereocenters. The Morgan fingerprint density at radius 1 is 1.67 bits per heavy atom. The molecule has 0 aliphatic rings. The van der Waals surface area contributed by atoms with Crippen LogP contribution in [0, 0.1) is 0 Å². The maximum absolute atomic E-state index is 11.0. The molecule has 0 amide bonds. The molecule has 0 unspecified atom stereocenters. The minimum Gasteiger partial charge on any atom is -0.450 e. The summed E-state index contributed by atoms with van der Waals surface area (Å²) in [6.07, 6.45) is -1.83. The molecule has 0 rings (SSSR count). The van der Waals surface area contributed by atoms with E-state index in [9.17, 15) is 4.39 Å². The van der Waals surface area contributed by atoms with Crippen LogP contribution in [0.2, 0.25) is 0 Å². The average molecular weight is 136 g/mol. The number of carbonyl (C=O) groups is 1. The Hall–Kier alpha value is -1.06. The number of hydrogen-bond donors (Lipinski definition) is 2. The van der Waals surface area contributed by atoms with Crippen LogP contribution in [0.1, 0.15) is 6.92 Å². The van der Waals surface area contributed by atoms with Crippen molar-refractivity contribution in [3.63, 3.8) is 0 Å². The van der Waals surface area contributed by atoms with Gasteiger partial charge in [-0.15, -0.1) is 0 Å². The standard InChI is InChI=1S/C4H7F.CH2O3/c1-4(2)3-5;2-1(3)4/h1,3H2,2H3;(H2,2,3,4). The van der Waals surface area contributed by atoms with Crippen LogP contribution in [0.25, 0.3) is 0 Å². The summed E-state index contributed by atoms with van der Waals surface area (Å²) >= 11 is 0. The third-order valence-electron chi connectivity index (χ3n) is 0.228. The van der Waals surface area contributed by atoms with Crippen LogP contribution in [0.4, 0.5) is 9.18 Å². The zero-order chi connectivity index (χ0) is 7.86. The molecule has 0 saturated carbocycles. The van der Waals surface area contributed by atoms with E-state index in [0.29, 0.717) is 5.57 Å². The molecule has 0 fully saturated rings. The van der Waals surface area contributed by atoms with E-state index >= 15 is 0 Å². The number of hydrogen-bond acceptors (Lipinski definition) is 1. The van der Waals surface area contributed by atoms with E-state index in [1.54, 1.807) is 6.92 Å². The third kappa shape index (κ3) is 192. The first-order valence-electron chi connectivity index (χ1n) is 2.13. The summed E-state index contributed by atoms with van der Waals surface area (Å²) < 4.78 is 11.0. The minimum atomic E-state index is -1.83. The Morgan fingerprint density at radius 2 is 1.78 bits per heavy atom. The van der Waals surface area contributed by atoms with Crippen molar-refractivity contribution in [2.75, 3.05) is 6.67 Å². The Kier molecular flexibility index (Phi) is 8.36. The van der Waals surface area contributed by atoms with Gasteiger partial charge < -0.3 is 10.2 Å². The maximum Gasteiger partial charge on any atom is 0.503 e. The largest absolute Gasteiger partial charge is 0.503 e. The van der Waals surface area contributed by atoms with Crippen molar-refractivity contribution < 1.29 is 19.4 Å². The van der Waals surface area contributed by atoms with Crippen LogP contribution in [-0.2, 0) is 0 Å². The molecule has 0 spiro atoms. The second-order valence-electron chi connectivity index (χ2n) is 1.37. The zero-order valence-electron chi connectivity index (χ0n) is 5.09. The summed E-state index contributed by atoms with van der Waals surface area (Å²) in [4.78, 5) is 8.56.